The van der Waals surface area contributed by atoms with Crippen molar-refractivity contribution in [1.29, 1.82) is 0 Å². The van der Waals surface area contributed by atoms with Crippen LogP contribution < -0.4 is 5.32 Å². The third kappa shape index (κ3) is 7.13. The number of carbonyl (C=O) groups is 2. The van der Waals surface area contributed by atoms with Crippen LogP contribution in [0.1, 0.15) is 53.0 Å². The number of ether oxygens (including phenoxy) is 4. The van der Waals surface area contributed by atoms with Crippen molar-refractivity contribution in [3.8, 4) is 11.5 Å². The lowest BCUT2D eigenvalue weighted by molar-refractivity contribution is -0.150. The van der Waals surface area contributed by atoms with Crippen LogP contribution in [0.25, 0.3) is 11.5 Å². The Morgan fingerprint density at radius 1 is 0.923 bits per heavy atom. The van der Waals surface area contributed by atoms with Crippen LogP contribution in [0.5, 0.6) is 0 Å². The van der Waals surface area contributed by atoms with Crippen LogP contribution in [0, 0.1) is 11.8 Å². The number of nitrogens with zero attached hydrogens (tertiary/aromatic N) is 2. The molecule has 0 fully saturated rings. The van der Waals surface area contributed by atoms with E-state index in [1.807, 2.05) is 52.0 Å². The molecular weight excluding hydrogens is 502 g/mol. The monoisotopic (exact) mass is 541 g/mol. The second-order valence-corrected chi connectivity index (χ2v) is 10.3. The van der Waals surface area contributed by atoms with Gasteiger partial charge in [0.1, 0.15) is 12.2 Å². The normalized spacial score (nSPS) is 17.3. The highest BCUT2D eigenvalue weighted by molar-refractivity contribution is 6.00. The van der Waals surface area contributed by atoms with Crippen LogP contribution in [0.3, 0.4) is 0 Å². The Morgan fingerprint density at radius 3 is 1.90 bits per heavy atom. The second kappa shape index (κ2) is 13.5. The molecular formula is C29H39N3O7. The highest BCUT2D eigenvalue weighted by atomic mass is 16.6. The van der Waals surface area contributed by atoms with E-state index in [2.05, 4.69) is 15.5 Å². The molecule has 1 aliphatic rings. The van der Waals surface area contributed by atoms with E-state index in [1.54, 1.807) is 28.1 Å². The number of rotatable bonds is 12. The van der Waals surface area contributed by atoms with E-state index in [0.717, 1.165) is 0 Å². The predicted octanol–water partition coefficient (Wildman–Crippen LogP) is 4.40. The lowest BCUT2D eigenvalue weighted by atomic mass is 9.80. The highest BCUT2D eigenvalue weighted by Crippen LogP contribution is 2.41. The molecule has 39 heavy (non-hydrogen) atoms. The summed E-state index contributed by atoms with van der Waals surface area (Å²) in [6.45, 7) is 11.9. The number of carbonyl (C=O) groups excluding carboxylic acids is 2. The molecule has 0 spiro atoms. The quantitative estimate of drug-likeness (QED) is 0.387. The van der Waals surface area contributed by atoms with E-state index in [0.29, 0.717) is 39.6 Å². The topological polar surface area (TPSA) is 122 Å². The molecule has 3 rings (SSSR count). The van der Waals surface area contributed by atoms with Crippen molar-refractivity contribution >= 4 is 11.9 Å². The summed E-state index contributed by atoms with van der Waals surface area (Å²) in [7, 11) is 3.13. The standard InChI is InChI=1S/C29H39N3O7/c1-16(2)22(13-35-7)38-28(33)24-18(5)31-19(6)25(29(34)39-23(14-36-8)17(3)4)26(24)20-10-9-11-21(12-20)27-32-30-15-37-27/h9-12,15-17,22-23,26,31H,13-14H2,1-8H3. The first kappa shape index (κ1) is 30.0. The van der Waals surface area contributed by atoms with Gasteiger partial charge in [-0.15, -0.1) is 10.2 Å². The first-order valence-corrected chi connectivity index (χ1v) is 13.0. The molecule has 10 nitrogen and oxygen atoms in total. The lowest BCUT2D eigenvalue weighted by Crippen LogP contribution is -2.37. The van der Waals surface area contributed by atoms with Crippen molar-refractivity contribution in [1.82, 2.24) is 15.5 Å². The molecule has 2 atom stereocenters. The molecule has 2 heterocycles. The maximum Gasteiger partial charge on any atom is 0.337 e. The molecule has 10 heteroatoms. The van der Waals surface area contributed by atoms with Crippen molar-refractivity contribution in [3.63, 3.8) is 0 Å². The number of esters is 2. The fourth-order valence-corrected chi connectivity index (χ4v) is 4.47. The molecule has 0 aliphatic carbocycles. The van der Waals surface area contributed by atoms with E-state index in [1.165, 1.54) is 6.39 Å². The van der Waals surface area contributed by atoms with Crippen LogP contribution in [0.4, 0.5) is 0 Å². The number of hydrogen-bond donors (Lipinski definition) is 1. The maximum atomic E-state index is 13.8. The fraction of sp³-hybridized carbons (Fsp3) is 0.517. The van der Waals surface area contributed by atoms with Crippen LogP contribution >= 0.6 is 0 Å². The van der Waals surface area contributed by atoms with Crippen LogP contribution in [-0.4, -0.2) is 61.8 Å². The average molecular weight is 542 g/mol. The number of dihydropyridines is 1. The largest absolute Gasteiger partial charge is 0.456 e. The minimum Gasteiger partial charge on any atom is -0.456 e. The van der Waals surface area contributed by atoms with Gasteiger partial charge in [-0.2, -0.15) is 0 Å². The van der Waals surface area contributed by atoms with Gasteiger partial charge in [0.05, 0.1) is 30.3 Å². The Bertz CT molecular complexity index is 1150. The van der Waals surface area contributed by atoms with Crippen molar-refractivity contribution < 1.29 is 33.0 Å². The van der Waals surface area contributed by atoms with E-state index in [-0.39, 0.29) is 25.0 Å². The Kier molecular flexibility index (Phi) is 10.4. The van der Waals surface area contributed by atoms with Crippen molar-refractivity contribution in [2.45, 2.75) is 59.7 Å². The van der Waals surface area contributed by atoms with Crippen LogP contribution in [0.15, 0.2) is 57.6 Å². The summed E-state index contributed by atoms with van der Waals surface area (Å²) in [5, 5.41) is 11.0. The number of methoxy groups -OCH3 is 2. The molecule has 0 saturated carbocycles. The number of hydrogen-bond acceptors (Lipinski definition) is 10. The first-order chi connectivity index (χ1) is 18.6. The predicted molar refractivity (Wildman–Crippen MR) is 144 cm³/mol. The summed E-state index contributed by atoms with van der Waals surface area (Å²) in [6, 6.07) is 7.31. The molecule has 1 aromatic carbocycles. The SMILES string of the molecule is COCC(OC(=O)C1=C(C)NC(C)=C(C(=O)OC(COC)C(C)C)C1c1cccc(-c2nnco2)c1)C(C)C. The Morgan fingerprint density at radius 2 is 1.46 bits per heavy atom. The Hall–Kier alpha value is -3.50. The third-order valence-corrected chi connectivity index (χ3v) is 6.69. The minimum atomic E-state index is -0.778. The lowest BCUT2D eigenvalue weighted by Gasteiger charge is -2.33. The molecule has 1 aromatic heterocycles. The molecule has 212 valence electrons. The Labute approximate surface area is 229 Å². The van der Waals surface area contributed by atoms with Gasteiger partial charge in [0.15, 0.2) is 0 Å². The van der Waals surface area contributed by atoms with Gasteiger partial charge in [-0.3, -0.25) is 0 Å². The smallest absolute Gasteiger partial charge is 0.337 e. The van der Waals surface area contributed by atoms with Gasteiger partial charge in [-0.1, -0.05) is 39.8 Å². The van der Waals surface area contributed by atoms with E-state index in [9.17, 15) is 9.59 Å². The van der Waals surface area contributed by atoms with E-state index >= 15 is 0 Å². The van der Waals surface area contributed by atoms with Crippen LogP contribution in [0.2, 0.25) is 0 Å². The summed E-state index contributed by atoms with van der Waals surface area (Å²) in [5.74, 6) is -1.50. The fourth-order valence-electron chi connectivity index (χ4n) is 4.47. The van der Waals surface area contributed by atoms with Crippen molar-refractivity contribution in [3.05, 3.63) is 58.8 Å². The van der Waals surface area contributed by atoms with Gasteiger partial charge in [-0.25, -0.2) is 9.59 Å². The molecule has 0 saturated heterocycles. The minimum absolute atomic E-state index is 0.0215. The second-order valence-electron chi connectivity index (χ2n) is 10.3. The highest BCUT2D eigenvalue weighted by Gasteiger charge is 2.40. The van der Waals surface area contributed by atoms with Crippen molar-refractivity contribution in [2.24, 2.45) is 11.8 Å². The van der Waals surface area contributed by atoms with Gasteiger partial charge in [0, 0.05) is 31.2 Å². The van der Waals surface area contributed by atoms with Gasteiger partial charge < -0.3 is 28.7 Å². The Balaban J connectivity index is 2.12. The summed E-state index contributed by atoms with van der Waals surface area (Å²) < 4.78 is 27.8. The summed E-state index contributed by atoms with van der Waals surface area (Å²) in [4.78, 5) is 27.6. The van der Waals surface area contributed by atoms with E-state index < -0.39 is 30.1 Å². The number of nitrogens with one attached hydrogen (secondary N) is 1. The van der Waals surface area contributed by atoms with Gasteiger partial charge in [0.2, 0.25) is 12.3 Å². The number of aromatic nitrogens is 2. The molecule has 2 unspecified atom stereocenters. The first-order valence-electron chi connectivity index (χ1n) is 13.0. The molecule has 0 bridgehead atoms. The number of allylic oxidation sites excluding steroid dienone is 2. The molecule has 2 aromatic rings. The summed E-state index contributed by atoms with van der Waals surface area (Å²) in [6.07, 6.45) is 0.306. The maximum absolute atomic E-state index is 13.8. The van der Waals surface area contributed by atoms with E-state index in [4.69, 9.17) is 23.4 Å². The number of benzene rings is 1. The summed E-state index contributed by atoms with van der Waals surface area (Å²) >= 11 is 0. The van der Waals surface area contributed by atoms with Gasteiger partial charge in [0.25, 0.3) is 0 Å². The zero-order valence-electron chi connectivity index (χ0n) is 23.9. The molecule has 0 amide bonds. The van der Waals surface area contributed by atoms with Crippen molar-refractivity contribution in [2.75, 3.05) is 27.4 Å². The molecule has 1 N–H and O–H groups in total. The zero-order valence-corrected chi connectivity index (χ0v) is 23.9. The van der Waals surface area contributed by atoms with Crippen LogP contribution in [-0.2, 0) is 28.5 Å². The van der Waals surface area contributed by atoms with Gasteiger partial charge >= 0.3 is 11.9 Å². The zero-order chi connectivity index (χ0) is 28.7. The molecule has 1 aliphatic heterocycles. The van der Waals surface area contributed by atoms with Gasteiger partial charge in [-0.05, 0) is 43.4 Å². The third-order valence-electron chi connectivity index (χ3n) is 6.69. The molecule has 0 radical (unpaired) electrons. The summed E-state index contributed by atoms with van der Waals surface area (Å²) in [5.41, 5.74) is 3.11. The average Bonchev–Trinajstić information content (AvgIpc) is 3.42.